The van der Waals surface area contributed by atoms with Crippen LogP contribution in [0.15, 0.2) is 66.9 Å². The van der Waals surface area contributed by atoms with Gasteiger partial charge in [0.2, 0.25) is 0 Å². The molecule has 186 valence electrons. The lowest BCUT2D eigenvalue weighted by Gasteiger charge is -2.31. The number of hydrogen-bond donors (Lipinski definition) is 0. The Kier molecular flexibility index (Phi) is 9.34. The minimum atomic E-state index is -0.547. The Balaban J connectivity index is 1.77. The van der Waals surface area contributed by atoms with E-state index in [1.54, 1.807) is 0 Å². The number of anilines is 1. The number of methoxy groups -OCH3 is 1. The summed E-state index contributed by atoms with van der Waals surface area (Å²) in [4.78, 5) is 23.4. The lowest BCUT2D eigenvalue weighted by Crippen LogP contribution is -2.39. The molecule has 0 saturated carbocycles. The van der Waals surface area contributed by atoms with E-state index in [0.29, 0.717) is 13.2 Å². The molecule has 0 atom stereocenters. The molecule has 0 aliphatic heterocycles. The number of carbonyl (C=O) groups excluding carboxylic acids is 1. The summed E-state index contributed by atoms with van der Waals surface area (Å²) >= 11 is 0. The van der Waals surface area contributed by atoms with E-state index in [2.05, 4.69) is 47.7 Å². The van der Waals surface area contributed by atoms with Gasteiger partial charge < -0.3 is 19.1 Å². The van der Waals surface area contributed by atoms with Gasteiger partial charge in [-0.1, -0.05) is 60.7 Å². The second-order valence-electron chi connectivity index (χ2n) is 9.12. The second kappa shape index (κ2) is 12.4. The molecule has 35 heavy (non-hydrogen) atoms. The molecule has 0 amide bonds. The van der Waals surface area contributed by atoms with Crippen LogP contribution in [0.1, 0.15) is 27.7 Å². The van der Waals surface area contributed by atoms with Gasteiger partial charge in [0, 0.05) is 23.7 Å². The first-order chi connectivity index (χ1) is 16.8. The van der Waals surface area contributed by atoms with E-state index in [1.807, 2.05) is 56.4 Å². The number of esters is 1. The zero-order valence-corrected chi connectivity index (χ0v) is 21.2. The van der Waals surface area contributed by atoms with E-state index >= 15 is 0 Å². The van der Waals surface area contributed by atoms with Crippen molar-refractivity contribution in [3.05, 3.63) is 66.9 Å². The first-order valence-corrected chi connectivity index (χ1v) is 11.8. The van der Waals surface area contributed by atoms with Gasteiger partial charge in [0.1, 0.15) is 12.4 Å². The van der Waals surface area contributed by atoms with Crippen molar-refractivity contribution < 1.29 is 19.0 Å². The number of aromatic nitrogens is 2. The molecular weight excluding hydrogens is 442 g/mol. The quantitative estimate of drug-likeness (QED) is 0.340. The predicted molar refractivity (Wildman–Crippen MR) is 138 cm³/mol. The molecule has 3 aromatic rings. The smallest absolute Gasteiger partial charge is 0.331 e. The van der Waals surface area contributed by atoms with Crippen LogP contribution in [0.2, 0.25) is 0 Å². The lowest BCUT2D eigenvalue weighted by molar-refractivity contribution is -0.149. The van der Waals surface area contributed by atoms with Crippen LogP contribution < -0.4 is 4.90 Å². The molecule has 0 saturated heterocycles. The largest absolute Gasteiger partial charge is 0.467 e. The molecule has 0 N–H and O–H groups in total. The van der Waals surface area contributed by atoms with Gasteiger partial charge in [-0.05, 0) is 27.7 Å². The highest BCUT2D eigenvalue weighted by molar-refractivity contribution is 5.78. The Bertz CT molecular complexity index is 1070. The molecular formula is C28H35N3O4. The first-order valence-electron chi connectivity index (χ1n) is 11.8. The predicted octanol–water partition coefficient (Wildman–Crippen LogP) is 5.01. The van der Waals surface area contributed by atoms with Gasteiger partial charge in [0.05, 0.1) is 43.5 Å². The number of hydrogen-bond acceptors (Lipinski definition) is 7. The van der Waals surface area contributed by atoms with Crippen molar-refractivity contribution >= 4 is 11.8 Å². The summed E-state index contributed by atoms with van der Waals surface area (Å²) in [7, 11) is 1.34. The third-order valence-electron chi connectivity index (χ3n) is 5.49. The van der Waals surface area contributed by atoms with Crippen molar-refractivity contribution in [2.45, 2.75) is 39.3 Å². The van der Waals surface area contributed by atoms with Gasteiger partial charge in [0.15, 0.2) is 0 Å². The summed E-state index contributed by atoms with van der Waals surface area (Å²) in [5, 5.41) is 0. The summed E-state index contributed by atoms with van der Waals surface area (Å²) < 4.78 is 16.1. The van der Waals surface area contributed by atoms with Crippen LogP contribution in [0.25, 0.3) is 22.5 Å². The topological polar surface area (TPSA) is 73.8 Å². The molecule has 3 rings (SSSR count). The highest BCUT2D eigenvalue weighted by atomic mass is 16.6. The molecule has 0 unspecified atom stereocenters. The molecule has 0 spiro atoms. The fourth-order valence-corrected chi connectivity index (χ4v) is 3.66. The van der Waals surface area contributed by atoms with Gasteiger partial charge in [-0.15, -0.1) is 0 Å². The van der Waals surface area contributed by atoms with Crippen molar-refractivity contribution in [3.8, 4) is 22.5 Å². The number of rotatable bonds is 12. The molecule has 1 aromatic heterocycles. The SMILES string of the molecule is COC(=O)COCC(C)(C)OCCN(c1cnc(-c2ccccc2)c(-c2ccccc2)n1)C(C)C. The first kappa shape index (κ1) is 26.3. The standard InChI is InChI=1S/C28H35N3O4/c1-21(2)31(16-17-35-28(3,4)20-34-19-25(32)33-5)24-18-29-26(22-12-8-6-9-13-22)27(30-24)23-14-10-7-11-15-23/h6-15,18,21H,16-17,19-20H2,1-5H3. The zero-order valence-electron chi connectivity index (χ0n) is 21.2. The van der Waals surface area contributed by atoms with Gasteiger partial charge in [-0.3, -0.25) is 4.98 Å². The second-order valence-corrected chi connectivity index (χ2v) is 9.12. The van der Waals surface area contributed by atoms with Crippen LogP contribution >= 0.6 is 0 Å². The van der Waals surface area contributed by atoms with Crippen molar-refractivity contribution in [2.24, 2.45) is 0 Å². The minimum Gasteiger partial charge on any atom is -0.467 e. The van der Waals surface area contributed by atoms with Gasteiger partial charge in [0.25, 0.3) is 0 Å². The molecule has 0 fully saturated rings. The van der Waals surface area contributed by atoms with Crippen LogP contribution in [-0.4, -0.2) is 61.1 Å². The number of nitrogens with zero attached hydrogens (tertiary/aromatic N) is 3. The molecule has 0 aliphatic rings. The van der Waals surface area contributed by atoms with Gasteiger partial charge in [-0.2, -0.15) is 0 Å². The van der Waals surface area contributed by atoms with Crippen molar-refractivity contribution in [1.82, 2.24) is 9.97 Å². The fourth-order valence-electron chi connectivity index (χ4n) is 3.66. The molecule has 0 bridgehead atoms. The molecule has 0 aliphatic carbocycles. The average molecular weight is 478 g/mol. The Morgan fingerprint density at radius 1 is 0.971 bits per heavy atom. The molecule has 1 heterocycles. The van der Waals surface area contributed by atoms with Crippen LogP contribution in [-0.2, 0) is 19.0 Å². The number of benzene rings is 2. The third-order valence-corrected chi connectivity index (χ3v) is 5.49. The lowest BCUT2D eigenvalue weighted by atomic mass is 10.0. The Hall–Kier alpha value is -3.29. The van der Waals surface area contributed by atoms with Crippen LogP contribution in [0.5, 0.6) is 0 Å². The number of carbonyl (C=O) groups is 1. The van der Waals surface area contributed by atoms with E-state index in [1.165, 1.54) is 7.11 Å². The zero-order chi connectivity index (χ0) is 25.3. The van der Waals surface area contributed by atoms with Crippen LogP contribution in [0, 0.1) is 0 Å². The highest BCUT2D eigenvalue weighted by Crippen LogP contribution is 2.30. The van der Waals surface area contributed by atoms with Crippen LogP contribution in [0.4, 0.5) is 5.82 Å². The maximum atomic E-state index is 11.3. The summed E-state index contributed by atoms with van der Waals surface area (Å²) in [6.07, 6.45) is 1.83. The number of ether oxygens (including phenoxy) is 3. The van der Waals surface area contributed by atoms with E-state index in [-0.39, 0.29) is 19.3 Å². The molecule has 7 nitrogen and oxygen atoms in total. The third kappa shape index (κ3) is 7.60. The van der Waals surface area contributed by atoms with Crippen molar-refractivity contribution in [2.75, 3.05) is 38.4 Å². The van der Waals surface area contributed by atoms with Crippen LogP contribution in [0.3, 0.4) is 0 Å². The summed E-state index contributed by atoms with van der Waals surface area (Å²) in [6, 6.07) is 20.4. The van der Waals surface area contributed by atoms with Gasteiger partial charge >= 0.3 is 5.97 Å². The minimum absolute atomic E-state index is 0.0903. The molecule has 7 heteroatoms. The summed E-state index contributed by atoms with van der Waals surface area (Å²) in [5.41, 5.74) is 3.19. The van der Waals surface area contributed by atoms with E-state index < -0.39 is 11.6 Å². The Morgan fingerprint density at radius 3 is 2.14 bits per heavy atom. The Labute approximate surface area is 208 Å². The Morgan fingerprint density at radius 2 is 1.57 bits per heavy atom. The van der Waals surface area contributed by atoms with Crippen molar-refractivity contribution in [1.29, 1.82) is 0 Å². The van der Waals surface area contributed by atoms with E-state index in [0.717, 1.165) is 28.3 Å². The molecule has 2 aromatic carbocycles. The normalized spacial score (nSPS) is 11.5. The maximum Gasteiger partial charge on any atom is 0.331 e. The van der Waals surface area contributed by atoms with E-state index in [9.17, 15) is 4.79 Å². The maximum absolute atomic E-state index is 11.3. The monoisotopic (exact) mass is 477 g/mol. The molecule has 0 radical (unpaired) electrons. The fraction of sp³-hybridized carbons (Fsp3) is 0.393. The summed E-state index contributed by atoms with van der Waals surface area (Å²) in [6.45, 7) is 9.42. The summed E-state index contributed by atoms with van der Waals surface area (Å²) in [5.74, 6) is 0.389. The van der Waals surface area contributed by atoms with Gasteiger partial charge in [-0.25, -0.2) is 9.78 Å². The highest BCUT2D eigenvalue weighted by Gasteiger charge is 2.22. The van der Waals surface area contributed by atoms with Crippen molar-refractivity contribution in [3.63, 3.8) is 0 Å². The van der Waals surface area contributed by atoms with E-state index in [4.69, 9.17) is 19.4 Å². The average Bonchev–Trinajstić information content (AvgIpc) is 2.87.